The van der Waals surface area contributed by atoms with Crippen molar-refractivity contribution in [2.45, 2.75) is 33.8 Å². The van der Waals surface area contributed by atoms with Crippen molar-refractivity contribution >= 4 is 5.69 Å². The molecular weight excluding hydrogens is 226 g/mol. The summed E-state index contributed by atoms with van der Waals surface area (Å²) in [5, 5.41) is 0. The third-order valence-electron chi connectivity index (χ3n) is 2.71. The number of nitrogens with one attached hydrogen (secondary N) is 1. The zero-order chi connectivity index (χ0) is 13.3. The molecule has 0 amide bonds. The Morgan fingerprint density at radius 2 is 2.00 bits per heavy atom. The van der Waals surface area contributed by atoms with Gasteiger partial charge in [0.15, 0.2) is 0 Å². The molecule has 0 radical (unpaired) electrons. The summed E-state index contributed by atoms with van der Waals surface area (Å²) in [7, 11) is 0. The number of nitrogens with zero attached hydrogens (tertiary/aromatic N) is 1. The van der Waals surface area contributed by atoms with Crippen LogP contribution < -0.4 is 10.5 Å². The van der Waals surface area contributed by atoms with E-state index in [0.29, 0.717) is 5.69 Å². The highest BCUT2D eigenvalue weighted by molar-refractivity contribution is 5.71. The number of ether oxygens (including phenoxy) is 1. The van der Waals surface area contributed by atoms with Crippen LogP contribution in [0.2, 0.25) is 0 Å². The van der Waals surface area contributed by atoms with E-state index in [1.165, 1.54) is 0 Å². The highest BCUT2D eigenvalue weighted by atomic mass is 16.5. The van der Waals surface area contributed by atoms with Crippen LogP contribution in [0.5, 0.6) is 5.75 Å². The Kier molecular flexibility index (Phi) is 3.28. The number of nitrogens with two attached hydrogens (primary N) is 1. The van der Waals surface area contributed by atoms with Crippen LogP contribution in [0.15, 0.2) is 18.3 Å². The maximum atomic E-state index is 6.02. The van der Waals surface area contributed by atoms with Gasteiger partial charge in [0.05, 0.1) is 23.7 Å². The van der Waals surface area contributed by atoms with Crippen molar-refractivity contribution in [2.24, 2.45) is 0 Å². The molecule has 0 bridgehead atoms. The van der Waals surface area contributed by atoms with Gasteiger partial charge in [-0.15, -0.1) is 0 Å². The van der Waals surface area contributed by atoms with Gasteiger partial charge in [0.2, 0.25) is 0 Å². The molecule has 0 saturated heterocycles. The fourth-order valence-electron chi connectivity index (χ4n) is 1.90. The number of imidazole rings is 1. The molecule has 0 unspecified atom stereocenters. The van der Waals surface area contributed by atoms with Crippen LogP contribution in [0.1, 0.15) is 25.2 Å². The number of hydrogen-bond donors (Lipinski definition) is 2. The van der Waals surface area contributed by atoms with Gasteiger partial charge in [-0.3, -0.25) is 0 Å². The maximum Gasteiger partial charge on any atom is 0.142 e. The number of nitrogen functional groups attached to an aromatic ring is 1. The summed E-state index contributed by atoms with van der Waals surface area (Å²) in [6.07, 6.45) is 1.94. The van der Waals surface area contributed by atoms with Gasteiger partial charge in [-0.1, -0.05) is 0 Å². The molecule has 0 aliphatic rings. The molecule has 2 aromatic rings. The molecule has 96 valence electrons. The van der Waals surface area contributed by atoms with Gasteiger partial charge in [-0.05, 0) is 45.4 Å². The van der Waals surface area contributed by atoms with E-state index in [9.17, 15) is 0 Å². The topological polar surface area (TPSA) is 63.9 Å². The largest absolute Gasteiger partial charge is 0.489 e. The molecule has 0 aliphatic heterocycles. The van der Waals surface area contributed by atoms with Crippen molar-refractivity contribution in [2.75, 3.05) is 5.73 Å². The van der Waals surface area contributed by atoms with Gasteiger partial charge in [-0.2, -0.15) is 0 Å². The minimum absolute atomic E-state index is 0.118. The Morgan fingerprint density at radius 1 is 1.28 bits per heavy atom. The second kappa shape index (κ2) is 4.72. The molecule has 3 N–H and O–H groups in total. The fourth-order valence-corrected chi connectivity index (χ4v) is 1.90. The van der Waals surface area contributed by atoms with Crippen molar-refractivity contribution in [3.63, 3.8) is 0 Å². The molecule has 18 heavy (non-hydrogen) atoms. The average molecular weight is 245 g/mol. The quantitative estimate of drug-likeness (QED) is 0.817. The Morgan fingerprint density at radius 3 is 2.56 bits per heavy atom. The van der Waals surface area contributed by atoms with E-state index in [0.717, 1.165) is 28.4 Å². The fraction of sp³-hybridized carbons (Fsp3) is 0.357. The van der Waals surface area contributed by atoms with E-state index in [1.54, 1.807) is 0 Å². The van der Waals surface area contributed by atoms with E-state index in [4.69, 9.17) is 10.5 Å². The van der Waals surface area contributed by atoms with E-state index < -0.39 is 0 Å². The number of aromatic nitrogens is 2. The van der Waals surface area contributed by atoms with Crippen LogP contribution in [0, 0.1) is 13.8 Å². The molecule has 1 aromatic heterocycles. The van der Waals surface area contributed by atoms with Gasteiger partial charge in [0.1, 0.15) is 11.6 Å². The molecule has 1 aromatic carbocycles. The molecule has 4 heteroatoms. The van der Waals surface area contributed by atoms with Gasteiger partial charge in [0.25, 0.3) is 0 Å². The van der Waals surface area contributed by atoms with Crippen LogP contribution in [0.3, 0.4) is 0 Å². The number of H-pyrrole nitrogens is 1. The predicted octanol–water partition coefficient (Wildman–Crippen LogP) is 3.06. The summed E-state index contributed by atoms with van der Waals surface area (Å²) in [5.74, 6) is 1.63. The molecular formula is C14H19N3O. The van der Waals surface area contributed by atoms with Crippen molar-refractivity contribution in [3.05, 3.63) is 29.7 Å². The summed E-state index contributed by atoms with van der Waals surface area (Å²) in [5.41, 5.74) is 9.83. The first-order chi connectivity index (χ1) is 8.47. The Balaban J connectivity index is 2.42. The monoisotopic (exact) mass is 245 g/mol. The number of benzene rings is 1. The zero-order valence-corrected chi connectivity index (χ0v) is 11.2. The summed E-state index contributed by atoms with van der Waals surface area (Å²) in [6, 6.07) is 3.90. The Bertz CT molecular complexity index is 558. The van der Waals surface area contributed by atoms with Crippen LogP contribution in [0.4, 0.5) is 5.69 Å². The smallest absolute Gasteiger partial charge is 0.142 e. The van der Waals surface area contributed by atoms with Crippen molar-refractivity contribution in [1.82, 2.24) is 9.97 Å². The molecule has 0 spiro atoms. The molecule has 2 rings (SSSR count). The molecule has 0 saturated carbocycles. The number of aryl methyl sites for hydroxylation is 2. The summed E-state index contributed by atoms with van der Waals surface area (Å²) in [6.45, 7) is 7.94. The van der Waals surface area contributed by atoms with E-state index in [1.807, 2.05) is 46.0 Å². The molecule has 0 aliphatic carbocycles. The van der Waals surface area contributed by atoms with Gasteiger partial charge in [0, 0.05) is 5.56 Å². The zero-order valence-electron chi connectivity index (χ0n) is 11.2. The lowest BCUT2D eigenvalue weighted by atomic mass is 10.0. The minimum Gasteiger partial charge on any atom is -0.489 e. The van der Waals surface area contributed by atoms with Gasteiger partial charge in [-0.25, -0.2) is 4.98 Å². The van der Waals surface area contributed by atoms with Gasteiger partial charge < -0.3 is 15.5 Å². The van der Waals surface area contributed by atoms with Crippen molar-refractivity contribution < 1.29 is 4.74 Å². The summed E-state index contributed by atoms with van der Waals surface area (Å²) in [4.78, 5) is 7.42. The lowest BCUT2D eigenvalue weighted by Gasteiger charge is -2.14. The van der Waals surface area contributed by atoms with Crippen LogP contribution in [-0.4, -0.2) is 16.1 Å². The Hall–Kier alpha value is -1.97. The van der Waals surface area contributed by atoms with E-state index in [-0.39, 0.29) is 6.10 Å². The van der Waals surface area contributed by atoms with Crippen molar-refractivity contribution in [1.29, 1.82) is 0 Å². The standard InChI is InChI=1S/C14H19N3O/c1-8(2)18-14-5-9(3)11(6-12(14)15)13-7-16-10(4)17-13/h5-8H,15H2,1-4H3,(H,16,17). The highest BCUT2D eigenvalue weighted by Crippen LogP contribution is 2.31. The van der Waals surface area contributed by atoms with Crippen molar-refractivity contribution in [3.8, 4) is 17.0 Å². The maximum absolute atomic E-state index is 6.02. The highest BCUT2D eigenvalue weighted by Gasteiger charge is 2.10. The predicted molar refractivity (Wildman–Crippen MR) is 73.7 cm³/mol. The Labute approximate surface area is 107 Å². The normalized spacial score (nSPS) is 10.9. The summed E-state index contributed by atoms with van der Waals surface area (Å²) >= 11 is 0. The number of aromatic amines is 1. The molecule has 0 fully saturated rings. The number of rotatable bonds is 3. The van der Waals surface area contributed by atoms with Gasteiger partial charge >= 0.3 is 0 Å². The second-order valence-corrected chi connectivity index (χ2v) is 4.75. The van der Waals surface area contributed by atoms with E-state index >= 15 is 0 Å². The lowest BCUT2D eigenvalue weighted by molar-refractivity contribution is 0.244. The first kappa shape index (κ1) is 12.5. The van der Waals surface area contributed by atoms with Crippen LogP contribution in [-0.2, 0) is 0 Å². The molecule has 0 atom stereocenters. The first-order valence-electron chi connectivity index (χ1n) is 6.06. The van der Waals surface area contributed by atoms with E-state index in [2.05, 4.69) is 9.97 Å². The third kappa shape index (κ3) is 2.47. The second-order valence-electron chi connectivity index (χ2n) is 4.75. The summed E-state index contributed by atoms with van der Waals surface area (Å²) < 4.78 is 5.67. The average Bonchev–Trinajstić information content (AvgIpc) is 2.69. The SMILES string of the molecule is Cc1ncc(-c2cc(N)c(OC(C)C)cc2C)[nH]1. The molecule has 4 nitrogen and oxygen atoms in total. The number of hydrogen-bond acceptors (Lipinski definition) is 3. The number of anilines is 1. The minimum atomic E-state index is 0.118. The first-order valence-corrected chi connectivity index (χ1v) is 6.06. The van der Waals surface area contributed by atoms with Crippen LogP contribution in [0.25, 0.3) is 11.3 Å². The van der Waals surface area contributed by atoms with Crippen LogP contribution >= 0.6 is 0 Å². The third-order valence-corrected chi connectivity index (χ3v) is 2.71. The lowest BCUT2D eigenvalue weighted by Crippen LogP contribution is -2.08. The molecule has 1 heterocycles.